The molecule has 1 unspecified atom stereocenters. The highest BCUT2D eigenvalue weighted by Gasteiger charge is 2.34. The third-order valence-electron chi connectivity index (χ3n) is 6.88. The lowest BCUT2D eigenvalue weighted by Gasteiger charge is -2.30. The van der Waals surface area contributed by atoms with Crippen molar-refractivity contribution in [2.24, 2.45) is 7.05 Å². The lowest BCUT2D eigenvalue weighted by Crippen LogP contribution is -2.36. The summed E-state index contributed by atoms with van der Waals surface area (Å²) >= 11 is 6.46. The van der Waals surface area contributed by atoms with E-state index in [2.05, 4.69) is 5.10 Å². The van der Waals surface area contributed by atoms with Crippen LogP contribution < -0.4 is 16.0 Å². The molecule has 0 N–H and O–H groups in total. The zero-order chi connectivity index (χ0) is 25.6. The molecule has 5 rings (SSSR count). The van der Waals surface area contributed by atoms with E-state index in [9.17, 15) is 22.8 Å². The number of alkyl halides is 3. The first kappa shape index (κ1) is 24.6. The zero-order valence-electron chi connectivity index (χ0n) is 19.6. The molecule has 4 heterocycles. The van der Waals surface area contributed by atoms with Gasteiger partial charge in [0.25, 0.3) is 11.1 Å². The van der Waals surface area contributed by atoms with Crippen LogP contribution in [0.3, 0.4) is 0 Å². The lowest BCUT2D eigenvalue weighted by atomic mass is 10.1. The molecule has 0 spiro atoms. The quantitative estimate of drug-likeness (QED) is 0.521. The minimum Gasteiger partial charge on any atom is -0.364 e. The fraction of sp³-hybridized carbons (Fsp3) is 0.458. The number of aromatic nitrogens is 4. The van der Waals surface area contributed by atoms with Crippen LogP contribution in [0.4, 0.5) is 18.9 Å². The van der Waals surface area contributed by atoms with E-state index in [4.69, 9.17) is 16.3 Å². The zero-order valence-corrected chi connectivity index (χ0v) is 20.3. The van der Waals surface area contributed by atoms with Crippen molar-refractivity contribution >= 4 is 17.3 Å². The monoisotopic (exact) mass is 523 g/mol. The van der Waals surface area contributed by atoms with Crippen LogP contribution >= 0.6 is 11.6 Å². The fourth-order valence-corrected chi connectivity index (χ4v) is 5.25. The molecule has 1 saturated heterocycles. The van der Waals surface area contributed by atoms with Crippen molar-refractivity contribution in [2.75, 3.05) is 18.1 Å². The van der Waals surface area contributed by atoms with Gasteiger partial charge < -0.3 is 9.64 Å². The summed E-state index contributed by atoms with van der Waals surface area (Å²) in [5.41, 5.74) is 0.150. The van der Waals surface area contributed by atoms with Gasteiger partial charge in [-0.1, -0.05) is 29.8 Å². The van der Waals surface area contributed by atoms with Crippen LogP contribution in [0.15, 0.2) is 40.1 Å². The summed E-state index contributed by atoms with van der Waals surface area (Å²) in [7, 11) is 1.54. The van der Waals surface area contributed by atoms with Gasteiger partial charge in [0.1, 0.15) is 5.02 Å². The predicted molar refractivity (Wildman–Crippen MR) is 127 cm³/mol. The Hall–Kier alpha value is -3.05. The largest absolute Gasteiger partial charge is 0.416 e. The van der Waals surface area contributed by atoms with Crippen LogP contribution in [-0.4, -0.2) is 32.3 Å². The van der Waals surface area contributed by atoms with E-state index in [0.717, 1.165) is 18.9 Å². The van der Waals surface area contributed by atoms with Crippen LogP contribution in [0.5, 0.6) is 0 Å². The van der Waals surface area contributed by atoms with Crippen LogP contribution in [0.25, 0.3) is 0 Å². The van der Waals surface area contributed by atoms with Crippen molar-refractivity contribution in [1.82, 2.24) is 19.1 Å². The Balaban J connectivity index is 1.45. The Labute approximate surface area is 209 Å². The molecule has 3 aromatic rings. The van der Waals surface area contributed by atoms with Crippen molar-refractivity contribution in [2.45, 2.75) is 51.2 Å². The van der Waals surface area contributed by atoms with Gasteiger partial charge in [0, 0.05) is 32.3 Å². The van der Waals surface area contributed by atoms with Gasteiger partial charge in [-0.3, -0.25) is 19.0 Å². The Kier molecular flexibility index (Phi) is 6.46. The second kappa shape index (κ2) is 9.44. The SMILES string of the molecule is Cn1c(=O)c2c(n1Cc1ccccc1C(F)(F)F)CCN(c1cnn(C3CCCCO3)c(=O)c1Cl)C2. The molecule has 2 aliphatic heterocycles. The van der Waals surface area contributed by atoms with Gasteiger partial charge in [-0.25, -0.2) is 0 Å². The highest BCUT2D eigenvalue weighted by atomic mass is 35.5. The molecule has 0 radical (unpaired) electrons. The number of halogens is 4. The molecule has 0 aliphatic carbocycles. The molecule has 192 valence electrons. The van der Waals surface area contributed by atoms with E-state index in [1.807, 2.05) is 0 Å². The summed E-state index contributed by atoms with van der Waals surface area (Å²) < 4.78 is 50.4. The number of hydrogen-bond acceptors (Lipinski definition) is 5. The van der Waals surface area contributed by atoms with E-state index in [1.54, 1.807) is 22.7 Å². The van der Waals surface area contributed by atoms with Crippen LogP contribution in [0.2, 0.25) is 5.02 Å². The highest BCUT2D eigenvalue weighted by Crippen LogP contribution is 2.33. The number of hydrogen-bond donors (Lipinski definition) is 0. The summed E-state index contributed by atoms with van der Waals surface area (Å²) in [6.07, 6.45) is -0.502. The Morgan fingerprint density at radius 1 is 1.17 bits per heavy atom. The molecule has 36 heavy (non-hydrogen) atoms. The van der Waals surface area contributed by atoms with Gasteiger partial charge in [0.2, 0.25) is 0 Å². The standard InChI is InChI=1S/C24H25ClF3N5O3/c1-30-22(34)16-14-31(19-12-29-33(23(35)21(19)25)20-8-4-5-11-36-20)10-9-18(16)32(30)13-15-6-2-3-7-17(15)24(26,27)28/h2-3,6-7,12,20H,4-5,8-11,13-14H2,1H3. The van der Waals surface area contributed by atoms with Crippen LogP contribution in [0, 0.1) is 0 Å². The highest BCUT2D eigenvalue weighted by molar-refractivity contribution is 6.33. The van der Waals surface area contributed by atoms with Gasteiger partial charge in [0.15, 0.2) is 6.23 Å². The third kappa shape index (κ3) is 4.34. The average molecular weight is 524 g/mol. The van der Waals surface area contributed by atoms with Crippen molar-refractivity contribution in [3.05, 3.63) is 78.6 Å². The van der Waals surface area contributed by atoms with Gasteiger partial charge >= 0.3 is 6.18 Å². The number of ether oxygens (including phenoxy) is 1. The molecule has 1 aromatic carbocycles. The van der Waals surface area contributed by atoms with Crippen molar-refractivity contribution in [1.29, 1.82) is 0 Å². The summed E-state index contributed by atoms with van der Waals surface area (Å²) in [6.45, 7) is 1.06. The number of anilines is 1. The molecule has 0 bridgehead atoms. The molecule has 2 aromatic heterocycles. The first-order chi connectivity index (χ1) is 17.2. The van der Waals surface area contributed by atoms with Gasteiger partial charge in [-0.15, -0.1) is 0 Å². The fourth-order valence-electron chi connectivity index (χ4n) is 5.00. The molecule has 0 amide bonds. The number of nitrogens with zero attached hydrogens (tertiary/aromatic N) is 5. The van der Waals surface area contributed by atoms with Crippen molar-refractivity contribution in [3.63, 3.8) is 0 Å². The van der Waals surface area contributed by atoms with Gasteiger partial charge in [0.05, 0.1) is 36.1 Å². The summed E-state index contributed by atoms with van der Waals surface area (Å²) in [4.78, 5) is 27.8. The number of rotatable bonds is 4. The second-order valence-corrected chi connectivity index (χ2v) is 9.43. The number of benzene rings is 1. The molecule has 1 atom stereocenters. The van der Waals surface area contributed by atoms with Crippen LogP contribution in [0.1, 0.15) is 47.9 Å². The third-order valence-corrected chi connectivity index (χ3v) is 7.23. The topological polar surface area (TPSA) is 74.3 Å². The second-order valence-electron chi connectivity index (χ2n) is 9.05. The Morgan fingerprint density at radius 3 is 2.67 bits per heavy atom. The molecule has 2 aliphatic rings. The molecule has 0 saturated carbocycles. The molecule has 1 fully saturated rings. The first-order valence-electron chi connectivity index (χ1n) is 11.7. The summed E-state index contributed by atoms with van der Waals surface area (Å²) in [5.74, 6) is 0. The maximum absolute atomic E-state index is 13.5. The van der Waals surface area contributed by atoms with E-state index in [-0.39, 0.29) is 29.2 Å². The van der Waals surface area contributed by atoms with Crippen molar-refractivity contribution in [3.8, 4) is 0 Å². The van der Waals surface area contributed by atoms with E-state index in [1.165, 1.54) is 27.7 Å². The Morgan fingerprint density at radius 2 is 1.94 bits per heavy atom. The predicted octanol–water partition coefficient (Wildman–Crippen LogP) is 3.73. The van der Waals surface area contributed by atoms with Crippen molar-refractivity contribution < 1.29 is 17.9 Å². The van der Waals surface area contributed by atoms with E-state index in [0.29, 0.717) is 42.9 Å². The average Bonchev–Trinajstić information content (AvgIpc) is 3.10. The molecular formula is C24H25ClF3N5O3. The molecular weight excluding hydrogens is 499 g/mol. The van der Waals surface area contributed by atoms with Gasteiger partial charge in [-0.05, 0) is 30.9 Å². The summed E-state index contributed by atoms with van der Waals surface area (Å²) in [6, 6.07) is 5.36. The van der Waals surface area contributed by atoms with E-state index >= 15 is 0 Å². The van der Waals surface area contributed by atoms with E-state index < -0.39 is 23.5 Å². The summed E-state index contributed by atoms with van der Waals surface area (Å²) in [5, 5.41) is 4.28. The maximum Gasteiger partial charge on any atom is 0.416 e. The minimum atomic E-state index is -4.49. The number of fused-ring (bicyclic) bond motifs is 1. The smallest absolute Gasteiger partial charge is 0.364 e. The normalized spacial score (nSPS) is 18.4. The lowest BCUT2D eigenvalue weighted by molar-refractivity contribution is -0.138. The maximum atomic E-state index is 13.5. The first-order valence-corrected chi connectivity index (χ1v) is 12.1. The molecule has 12 heteroatoms. The van der Waals surface area contributed by atoms with Crippen LogP contribution in [-0.2, 0) is 37.5 Å². The van der Waals surface area contributed by atoms with Gasteiger partial charge in [-0.2, -0.15) is 23.0 Å². The minimum absolute atomic E-state index is 0.00187. The Bertz CT molecular complexity index is 1410. The molecule has 8 nitrogen and oxygen atoms in total.